The summed E-state index contributed by atoms with van der Waals surface area (Å²) in [7, 11) is 0. The first kappa shape index (κ1) is 22.7. The topological polar surface area (TPSA) is 117 Å². The van der Waals surface area contributed by atoms with E-state index in [9.17, 15) is 14.4 Å². The normalized spacial score (nSPS) is 15.8. The largest absolute Gasteiger partial charge is 0.354 e. The van der Waals surface area contributed by atoms with Gasteiger partial charge in [-0.15, -0.1) is 0 Å². The lowest BCUT2D eigenvalue weighted by atomic mass is 9.75. The van der Waals surface area contributed by atoms with E-state index in [1.54, 1.807) is 19.1 Å². The molecule has 1 atom stereocenters. The zero-order valence-corrected chi connectivity index (χ0v) is 18.5. The van der Waals surface area contributed by atoms with Gasteiger partial charge >= 0.3 is 0 Å². The summed E-state index contributed by atoms with van der Waals surface area (Å²) >= 11 is 0. The molecule has 0 radical (unpaired) electrons. The molecule has 1 unspecified atom stereocenters. The number of fused-ring (bicyclic) bond motifs is 1. The first-order valence-corrected chi connectivity index (χ1v) is 10.8. The van der Waals surface area contributed by atoms with Gasteiger partial charge in [0.2, 0.25) is 5.91 Å². The Hall–Kier alpha value is -2.93. The van der Waals surface area contributed by atoms with E-state index in [0.29, 0.717) is 48.3 Å². The molecule has 166 valence electrons. The van der Waals surface area contributed by atoms with E-state index in [1.807, 2.05) is 32.0 Å². The summed E-state index contributed by atoms with van der Waals surface area (Å²) < 4.78 is 0. The number of hydrogen-bond acceptors (Lipinski definition) is 4. The molecule has 3 rings (SSSR count). The number of ketones is 1. The molecular weight excluding hydrogens is 392 g/mol. The molecule has 7 nitrogen and oxygen atoms in total. The van der Waals surface area contributed by atoms with E-state index in [0.717, 1.165) is 18.5 Å². The number of aromatic amines is 1. The molecule has 2 amide bonds. The van der Waals surface area contributed by atoms with Crippen LogP contribution in [0.3, 0.4) is 0 Å². The minimum absolute atomic E-state index is 0.0559. The van der Waals surface area contributed by atoms with Gasteiger partial charge in [-0.3, -0.25) is 14.4 Å². The van der Waals surface area contributed by atoms with E-state index in [1.165, 1.54) is 0 Å². The highest BCUT2D eigenvalue weighted by Gasteiger charge is 2.35. The Balaban J connectivity index is 1.79. The van der Waals surface area contributed by atoms with E-state index >= 15 is 0 Å². The van der Waals surface area contributed by atoms with Gasteiger partial charge in [0.25, 0.3) is 5.91 Å². The number of nitrogens with two attached hydrogens (primary N) is 1. The maximum Gasteiger partial charge on any atom is 0.268 e. The average Bonchev–Trinajstić information content (AvgIpc) is 3.03. The van der Waals surface area contributed by atoms with Crippen LogP contribution in [0.2, 0.25) is 0 Å². The first-order valence-electron chi connectivity index (χ1n) is 10.8. The van der Waals surface area contributed by atoms with E-state index in [4.69, 9.17) is 5.73 Å². The van der Waals surface area contributed by atoms with Crippen molar-refractivity contribution in [3.8, 4) is 0 Å². The molecule has 7 heteroatoms. The lowest BCUT2D eigenvalue weighted by Gasteiger charge is -2.28. The number of unbranched alkanes of at least 4 members (excludes halogenated alkanes) is 1. The lowest BCUT2D eigenvalue weighted by Crippen LogP contribution is -2.44. The molecule has 0 spiro atoms. The predicted octanol–water partition coefficient (Wildman–Crippen LogP) is 3.34. The molecule has 0 bridgehead atoms. The molecule has 1 heterocycles. The highest BCUT2D eigenvalue weighted by atomic mass is 16.2. The molecule has 0 saturated carbocycles. The fourth-order valence-corrected chi connectivity index (χ4v) is 4.20. The predicted molar refractivity (Wildman–Crippen MR) is 121 cm³/mol. The SMILES string of the molecule is Cc1c(C(=O)NC(CCCCN)C(=O)Nc2ccccc2)[nH]c2c1C(=O)CC(C)(C)C2. The molecule has 5 N–H and O–H groups in total. The third-order valence-corrected chi connectivity index (χ3v) is 5.74. The third-order valence-electron chi connectivity index (χ3n) is 5.74. The summed E-state index contributed by atoms with van der Waals surface area (Å²) in [6.07, 6.45) is 3.13. The Morgan fingerprint density at radius 1 is 1.16 bits per heavy atom. The number of nitrogens with one attached hydrogen (secondary N) is 3. The molecule has 0 fully saturated rings. The molecule has 1 aromatic carbocycles. The monoisotopic (exact) mass is 424 g/mol. The summed E-state index contributed by atoms with van der Waals surface area (Å²) in [5.41, 5.74) is 8.55. The molecule has 1 aliphatic rings. The standard InChI is InChI=1S/C24H32N4O3/c1-15-20-18(13-24(2,3)14-19(20)29)27-21(15)23(31)28-17(11-7-8-12-25)22(30)26-16-9-5-4-6-10-16/h4-6,9-10,17,27H,7-8,11-14,25H2,1-3H3,(H,26,30)(H,28,31). The van der Waals surface area contributed by atoms with Gasteiger partial charge in [0, 0.05) is 23.4 Å². The number of hydrogen-bond donors (Lipinski definition) is 4. The van der Waals surface area contributed by atoms with Crippen molar-refractivity contribution in [2.24, 2.45) is 11.1 Å². The maximum atomic E-state index is 13.1. The van der Waals surface area contributed by atoms with Crippen LogP contribution in [-0.2, 0) is 11.2 Å². The van der Waals surface area contributed by atoms with E-state index in [2.05, 4.69) is 15.6 Å². The van der Waals surface area contributed by atoms with Crippen molar-refractivity contribution in [1.29, 1.82) is 0 Å². The van der Waals surface area contributed by atoms with Crippen molar-refractivity contribution in [2.45, 2.75) is 58.9 Å². The van der Waals surface area contributed by atoms with Gasteiger partial charge in [0.15, 0.2) is 5.78 Å². The summed E-state index contributed by atoms with van der Waals surface area (Å²) in [6.45, 7) is 6.41. The molecule has 0 aliphatic heterocycles. The van der Waals surface area contributed by atoms with Crippen molar-refractivity contribution >= 4 is 23.3 Å². The summed E-state index contributed by atoms with van der Waals surface area (Å²) in [4.78, 5) is 41.8. The van der Waals surface area contributed by atoms with Crippen LogP contribution in [0, 0.1) is 12.3 Å². The quantitative estimate of drug-likeness (QED) is 0.486. The smallest absolute Gasteiger partial charge is 0.268 e. The Bertz CT molecular complexity index is 963. The third kappa shape index (κ3) is 5.41. The lowest BCUT2D eigenvalue weighted by molar-refractivity contribution is -0.118. The van der Waals surface area contributed by atoms with Crippen LogP contribution in [0.25, 0.3) is 0 Å². The number of H-pyrrole nitrogens is 1. The zero-order valence-electron chi connectivity index (χ0n) is 18.5. The van der Waals surface area contributed by atoms with Gasteiger partial charge in [0.05, 0.1) is 0 Å². The second kappa shape index (κ2) is 9.47. The second-order valence-electron chi connectivity index (χ2n) is 9.09. The van der Waals surface area contributed by atoms with Gasteiger partial charge in [-0.25, -0.2) is 0 Å². The molecule has 31 heavy (non-hydrogen) atoms. The second-order valence-corrected chi connectivity index (χ2v) is 9.09. The number of rotatable bonds is 8. The Morgan fingerprint density at radius 2 is 1.87 bits per heavy atom. The van der Waals surface area contributed by atoms with E-state index in [-0.39, 0.29) is 23.0 Å². The molecule has 1 aromatic heterocycles. The van der Waals surface area contributed by atoms with Crippen molar-refractivity contribution in [3.05, 3.63) is 52.8 Å². The highest BCUT2D eigenvalue weighted by Crippen LogP contribution is 2.36. The van der Waals surface area contributed by atoms with Crippen LogP contribution in [-0.4, -0.2) is 35.2 Å². The van der Waals surface area contributed by atoms with Crippen LogP contribution in [0.15, 0.2) is 30.3 Å². The highest BCUT2D eigenvalue weighted by molar-refractivity contribution is 6.06. The number of benzene rings is 1. The minimum Gasteiger partial charge on any atom is -0.354 e. The number of carbonyl (C=O) groups is 3. The van der Waals surface area contributed by atoms with Crippen LogP contribution >= 0.6 is 0 Å². The van der Waals surface area contributed by atoms with Crippen LogP contribution in [0.4, 0.5) is 5.69 Å². The van der Waals surface area contributed by atoms with Crippen molar-refractivity contribution < 1.29 is 14.4 Å². The first-order chi connectivity index (χ1) is 14.7. The van der Waals surface area contributed by atoms with Crippen molar-refractivity contribution in [3.63, 3.8) is 0 Å². The zero-order chi connectivity index (χ0) is 22.6. The van der Waals surface area contributed by atoms with Gasteiger partial charge in [-0.05, 0) is 62.3 Å². The van der Waals surface area contributed by atoms with Crippen molar-refractivity contribution in [2.75, 3.05) is 11.9 Å². The number of anilines is 1. The minimum atomic E-state index is -0.703. The number of amides is 2. The maximum absolute atomic E-state index is 13.1. The Kier molecular flexibility index (Phi) is 6.95. The number of carbonyl (C=O) groups excluding carboxylic acids is 3. The number of para-hydroxylation sites is 1. The number of aromatic nitrogens is 1. The Labute approximate surface area is 183 Å². The van der Waals surface area contributed by atoms with Crippen LogP contribution in [0.1, 0.15) is 71.6 Å². The van der Waals surface area contributed by atoms with Crippen LogP contribution < -0.4 is 16.4 Å². The molecule has 1 aliphatic carbocycles. The van der Waals surface area contributed by atoms with Crippen molar-refractivity contribution in [1.82, 2.24) is 10.3 Å². The van der Waals surface area contributed by atoms with Gasteiger partial charge in [0.1, 0.15) is 11.7 Å². The van der Waals surface area contributed by atoms with E-state index < -0.39 is 6.04 Å². The Morgan fingerprint density at radius 3 is 2.55 bits per heavy atom. The summed E-state index contributed by atoms with van der Waals surface area (Å²) in [5.74, 6) is -0.596. The van der Waals surface area contributed by atoms with Gasteiger partial charge in [-0.1, -0.05) is 32.0 Å². The van der Waals surface area contributed by atoms with Gasteiger partial charge < -0.3 is 21.4 Å². The van der Waals surface area contributed by atoms with Gasteiger partial charge in [-0.2, -0.15) is 0 Å². The summed E-state index contributed by atoms with van der Waals surface area (Å²) in [6, 6.07) is 8.44. The fourth-order valence-electron chi connectivity index (χ4n) is 4.20. The molecule has 0 saturated heterocycles. The average molecular weight is 425 g/mol. The van der Waals surface area contributed by atoms with Crippen LogP contribution in [0.5, 0.6) is 0 Å². The summed E-state index contributed by atoms with van der Waals surface area (Å²) in [5, 5.41) is 5.72. The number of Topliss-reactive ketones (excluding diaryl/α,β-unsaturated/α-hetero) is 1. The molecule has 2 aromatic rings. The molecular formula is C24H32N4O3. The fraction of sp³-hybridized carbons (Fsp3) is 0.458.